The molecule has 4 N–H and O–H groups in total. The summed E-state index contributed by atoms with van der Waals surface area (Å²) in [4.78, 5) is 25.9. The van der Waals surface area contributed by atoms with E-state index in [-0.39, 0.29) is 42.7 Å². The Morgan fingerprint density at radius 2 is 1.83 bits per heavy atom. The van der Waals surface area contributed by atoms with Gasteiger partial charge in [0.25, 0.3) is 0 Å². The van der Waals surface area contributed by atoms with Gasteiger partial charge in [-0.3, -0.25) is 9.59 Å². The quantitative estimate of drug-likeness (QED) is 0.846. The highest BCUT2D eigenvalue weighted by Gasteiger charge is 2.35. The summed E-state index contributed by atoms with van der Waals surface area (Å²) in [6.45, 7) is 0.666. The van der Waals surface area contributed by atoms with E-state index < -0.39 is 5.91 Å². The molecule has 7 heteroatoms. The van der Waals surface area contributed by atoms with Crippen LogP contribution in [0.5, 0.6) is 0 Å². The maximum atomic E-state index is 12.8. The Hall–Kier alpha value is -1.30. The Morgan fingerprint density at radius 3 is 2.48 bits per heavy atom. The fraction of sp³-hybridized carbons (Fsp3) is 0.500. The number of amides is 2. The van der Waals surface area contributed by atoms with Gasteiger partial charge in [0, 0.05) is 23.8 Å². The van der Waals surface area contributed by atoms with E-state index >= 15 is 0 Å². The summed E-state index contributed by atoms with van der Waals surface area (Å²) in [5.74, 6) is -0.462. The normalized spacial score (nSPS) is 22.6. The van der Waals surface area contributed by atoms with Gasteiger partial charge in [-0.25, -0.2) is 0 Å². The Morgan fingerprint density at radius 1 is 1.13 bits per heavy atom. The van der Waals surface area contributed by atoms with Crippen molar-refractivity contribution < 1.29 is 9.59 Å². The highest BCUT2D eigenvalue weighted by molar-refractivity contribution is 6.00. The predicted octanol–water partition coefficient (Wildman–Crippen LogP) is 2.04. The van der Waals surface area contributed by atoms with Crippen molar-refractivity contribution in [2.24, 2.45) is 17.4 Å². The van der Waals surface area contributed by atoms with Crippen molar-refractivity contribution in [3.05, 3.63) is 29.3 Å². The minimum absolute atomic E-state index is 0. The molecule has 23 heavy (non-hydrogen) atoms. The summed E-state index contributed by atoms with van der Waals surface area (Å²) >= 11 is 0. The van der Waals surface area contributed by atoms with Gasteiger partial charge in [0.15, 0.2) is 0 Å². The monoisotopic (exact) mass is 359 g/mol. The van der Waals surface area contributed by atoms with E-state index in [4.69, 9.17) is 11.5 Å². The summed E-state index contributed by atoms with van der Waals surface area (Å²) < 4.78 is 0. The van der Waals surface area contributed by atoms with Crippen LogP contribution in [-0.2, 0) is 11.2 Å². The number of benzene rings is 1. The maximum absolute atomic E-state index is 12.8. The second-order valence-corrected chi connectivity index (χ2v) is 6.00. The van der Waals surface area contributed by atoms with Gasteiger partial charge in [-0.05, 0) is 37.0 Å². The zero-order chi connectivity index (χ0) is 15.0. The number of hydrogen-bond acceptors (Lipinski definition) is 3. The standard InChI is InChI=1S/C16H21N3O2.2ClH/c17-13-4-2-1-3-12(13)16(21)19-8-7-10-5-6-11(15(18)20)9-14(10)19;;/h5-6,9,12-13H,1-4,7-8,17H2,(H2,18,20);2*1H/t12-,13-;;/m1../s1. The molecule has 0 aromatic heterocycles. The van der Waals surface area contributed by atoms with Gasteiger partial charge in [0.05, 0.1) is 5.92 Å². The molecule has 0 spiro atoms. The molecule has 1 fully saturated rings. The summed E-state index contributed by atoms with van der Waals surface area (Å²) in [6.07, 6.45) is 4.77. The van der Waals surface area contributed by atoms with Gasteiger partial charge in [-0.2, -0.15) is 0 Å². The number of carbonyl (C=O) groups is 2. The lowest BCUT2D eigenvalue weighted by Crippen LogP contribution is -2.45. The van der Waals surface area contributed by atoms with Crippen LogP contribution in [0.3, 0.4) is 0 Å². The maximum Gasteiger partial charge on any atom is 0.248 e. The molecule has 1 aliphatic heterocycles. The number of nitrogens with zero attached hydrogens (tertiary/aromatic N) is 1. The average Bonchev–Trinajstić information content (AvgIpc) is 2.90. The van der Waals surface area contributed by atoms with Crippen molar-refractivity contribution >= 4 is 42.3 Å². The minimum atomic E-state index is -0.466. The molecule has 1 aromatic rings. The number of halogens is 2. The lowest BCUT2D eigenvalue weighted by atomic mass is 9.84. The van der Waals surface area contributed by atoms with E-state index in [2.05, 4.69) is 0 Å². The Labute approximate surface area is 148 Å². The van der Waals surface area contributed by atoms with E-state index in [1.807, 2.05) is 6.07 Å². The Bertz CT molecular complexity index is 595. The van der Waals surface area contributed by atoms with E-state index in [1.54, 1.807) is 17.0 Å². The summed E-state index contributed by atoms with van der Waals surface area (Å²) in [5, 5.41) is 0. The smallest absolute Gasteiger partial charge is 0.248 e. The lowest BCUT2D eigenvalue weighted by Gasteiger charge is -2.31. The second kappa shape index (κ2) is 7.99. The molecule has 2 atom stereocenters. The third-order valence-electron chi connectivity index (χ3n) is 4.67. The van der Waals surface area contributed by atoms with Gasteiger partial charge < -0.3 is 16.4 Å². The zero-order valence-electron chi connectivity index (χ0n) is 12.9. The van der Waals surface area contributed by atoms with Crippen molar-refractivity contribution in [3.63, 3.8) is 0 Å². The number of primary amides is 1. The molecular weight excluding hydrogens is 337 g/mol. The molecule has 2 amide bonds. The largest absolute Gasteiger partial charge is 0.366 e. The molecule has 0 saturated heterocycles. The molecule has 128 valence electrons. The molecule has 5 nitrogen and oxygen atoms in total. The van der Waals surface area contributed by atoms with Crippen LogP contribution in [0.1, 0.15) is 41.6 Å². The molecule has 1 aromatic carbocycles. The molecule has 0 unspecified atom stereocenters. The van der Waals surface area contributed by atoms with Crippen LogP contribution in [0, 0.1) is 5.92 Å². The van der Waals surface area contributed by atoms with Crippen LogP contribution in [0.15, 0.2) is 18.2 Å². The van der Waals surface area contributed by atoms with Gasteiger partial charge in [0.2, 0.25) is 11.8 Å². The first-order valence-corrected chi connectivity index (χ1v) is 7.57. The number of fused-ring (bicyclic) bond motifs is 1. The average molecular weight is 360 g/mol. The first-order valence-electron chi connectivity index (χ1n) is 7.57. The van der Waals surface area contributed by atoms with Crippen LogP contribution in [0.2, 0.25) is 0 Å². The third kappa shape index (κ3) is 3.79. The highest BCUT2D eigenvalue weighted by atomic mass is 35.5. The van der Waals surface area contributed by atoms with E-state index in [1.165, 1.54) is 0 Å². The second-order valence-electron chi connectivity index (χ2n) is 6.00. The van der Waals surface area contributed by atoms with Gasteiger partial charge in [0.1, 0.15) is 0 Å². The number of carbonyl (C=O) groups excluding carboxylic acids is 2. The number of nitrogens with two attached hydrogens (primary N) is 2. The van der Waals surface area contributed by atoms with Crippen molar-refractivity contribution in [1.29, 1.82) is 0 Å². The molecule has 1 heterocycles. The predicted molar refractivity (Wildman–Crippen MR) is 95.4 cm³/mol. The van der Waals surface area contributed by atoms with Crippen molar-refractivity contribution in [3.8, 4) is 0 Å². The van der Waals surface area contributed by atoms with Crippen molar-refractivity contribution in [2.45, 2.75) is 38.1 Å². The van der Waals surface area contributed by atoms with E-state index in [0.29, 0.717) is 12.1 Å². The molecule has 2 aliphatic rings. The van der Waals surface area contributed by atoms with Gasteiger partial charge in [-0.1, -0.05) is 18.9 Å². The fourth-order valence-corrected chi connectivity index (χ4v) is 3.43. The van der Waals surface area contributed by atoms with Crippen molar-refractivity contribution in [1.82, 2.24) is 0 Å². The molecule has 3 rings (SSSR count). The lowest BCUT2D eigenvalue weighted by molar-refractivity contribution is -0.123. The van der Waals surface area contributed by atoms with Gasteiger partial charge >= 0.3 is 0 Å². The first kappa shape index (κ1) is 19.7. The van der Waals surface area contributed by atoms with Gasteiger partial charge in [-0.15, -0.1) is 24.8 Å². The van der Waals surface area contributed by atoms with Crippen LogP contribution >= 0.6 is 24.8 Å². The van der Waals surface area contributed by atoms with Crippen molar-refractivity contribution in [2.75, 3.05) is 11.4 Å². The summed E-state index contributed by atoms with van der Waals surface area (Å²) in [7, 11) is 0. The van der Waals surface area contributed by atoms with Crippen LogP contribution in [0.25, 0.3) is 0 Å². The molecule has 1 saturated carbocycles. The minimum Gasteiger partial charge on any atom is -0.366 e. The molecule has 0 radical (unpaired) electrons. The molecular formula is C16H23Cl2N3O2. The highest BCUT2D eigenvalue weighted by Crippen LogP contribution is 2.33. The summed E-state index contributed by atoms with van der Waals surface area (Å²) in [6, 6.07) is 5.30. The van der Waals surface area contributed by atoms with Crippen LogP contribution in [-0.4, -0.2) is 24.4 Å². The Balaban J connectivity index is 0.00000132. The fourth-order valence-electron chi connectivity index (χ4n) is 3.43. The Kier molecular flexibility index (Phi) is 6.86. The zero-order valence-corrected chi connectivity index (χ0v) is 14.5. The molecule has 1 aliphatic carbocycles. The first-order chi connectivity index (χ1) is 10.1. The number of anilines is 1. The number of hydrogen-bond donors (Lipinski definition) is 2. The number of rotatable bonds is 2. The van der Waals surface area contributed by atoms with E-state index in [0.717, 1.165) is 43.4 Å². The third-order valence-corrected chi connectivity index (χ3v) is 4.67. The summed E-state index contributed by atoms with van der Waals surface area (Å²) in [5.41, 5.74) is 13.8. The van der Waals surface area contributed by atoms with E-state index in [9.17, 15) is 9.59 Å². The topological polar surface area (TPSA) is 89.4 Å². The van der Waals surface area contributed by atoms with Crippen LogP contribution in [0.4, 0.5) is 5.69 Å². The van der Waals surface area contributed by atoms with Crippen LogP contribution < -0.4 is 16.4 Å². The SMILES string of the molecule is Cl.Cl.NC(=O)c1ccc2c(c1)N(C(=O)[C@@H]1CCCC[C@H]1N)CC2. The molecule has 0 bridgehead atoms.